The molecule has 2 aromatic rings. The molecule has 0 aliphatic heterocycles. The monoisotopic (exact) mass is 342 g/mol. The summed E-state index contributed by atoms with van der Waals surface area (Å²) in [5, 5.41) is 2.48. The first-order valence-electron chi connectivity index (χ1n) is 5.85. The summed E-state index contributed by atoms with van der Waals surface area (Å²) < 4.78 is 0.696. The van der Waals surface area contributed by atoms with Crippen molar-refractivity contribution >= 4 is 20.9 Å². The third-order valence-corrected chi connectivity index (χ3v) is 5.57. The van der Waals surface area contributed by atoms with E-state index >= 15 is 0 Å². The zero-order chi connectivity index (χ0) is 11.9. The third kappa shape index (κ3) is 3.85. The molecule has 0 radical (unpaired) electrons. The van der Waals surface area contributed by atoms with Gasteiger partial charge in [0.25, 0.3) is 0 Å². The van der Waals surface area contributed by atoms with Gasteiger partial charge in [-0.05, 0) is 0 Å². The predicted molar refractivity (Wildman–Crippen MR) is 72.9 cm³/mol. The molecule has 1 atom stereocenters. The Morgan fingerprint density at radius 1 is 0.941 bits per heavy atom. The van der Waals surface area contributed by atoms with Gasteiger partial charge in [-0.2, -0.15) is 0 Å². The maximum atomic E-state index is 2.48. The number of hydrogen-bond donors (Lipinski definition) is 1. The number of quaternary nitrogens is 1. The van der Waals surface area contributed by atoms with Gasteiger partial charge in [0.2, 0.25) is 0 Å². The molecule has 1 nitrogen and oxygen atoms in total. The molecule has 0 saturated carbocycles. The van der Waals surface area contributed by atoms with E-state index in [1.807, 2.05) is 0 Å². The van der Waals surface area contributed by atoms with Gasteiger partial charge in [-0.15, -0.1) is 0 Å². The van der Waals surface area contributed by atoms with Crippen LogP contribution in [0.25, 0.3) is 0 Å². The van der Waals surface area contributed by atoms with Crippen LogP contribution in [0, 0.1) is 0 Å². The summed E-state index contributed by atoms with van der Waals surface area (Å²) in [5.74, 6) is 0. The van der Waals surface area contributed by atoms with Crippen LogP contribution in [0.5, 0.6) is 0 Å². The van der Waals surface area contributed by atoms with E-state index in [1.54, 1.807) is 0 Å². The quantitative estimate of drug-likeness (QED) is 0.804. The fraction of sp³-hybridized carbons (Fsp3) is 0.200. The van der Waals surface area contributed by atoms with Crippen LogP contribution in [0.1, 0.15) is 15.2 Å². The molecule has 0 bridgehead atoms. The molecule has 0 aliphatic carbocycles. The fourth-order valence-corrected chi connectivity index (χ4v) is 3.92. The minimum atomic E-state index is 0.0354. The van der Waals surface area contributed by atoms with Crippen molar-refractivity contribution in [2.75, 3.05) is 0 Å². The van der Waals surface area contributed by atoms with Gasteiger partial charge in [0, 0.05) is 0 Å². The van der Waals surface area contributed by atoms with E-state index in [0.29, 0.717) is 4.09 Å². The van der Waals surface area contributed by atoms with Crippen LogP contribution in [-0.2, 0) is 6.54 Å². The van der Waals surface area contributed by atoms with Crippen molar-refractivity contribution in [1.82, 2.24) is 0 Å². The van der Waals surface area contributed by atoms with Crippen molar-refractivity contribution in [3.8, 4) is 0 Å². The van der Waals surface area contributed by atoms with E-state index < -0.39 is 0 Å². The zero-order valence-corrected chi connectivity index (χ0v) is 12.4. The Bertz CT molecular complexity index is 427. The van der Waals surface area contributed by atoms with Gasteiger partial charge in [0.05, 0.1) is 0 Å². The van der Waals surface area contributed by atoms with Crippen LogP contribution in [0.3, 0.4) is 0 Å². The first-order chi connectivity index (χ1) is 8.40. The molecule has 0 fully saturated rings. The topological polar surface area (TPSA) is 16.6 Å². The first kappa shape index (κ1) is 12.6. The van der Waals surface area contributed by atoms with Crippen LogP contribution in [0.15, 0.2) is 60.7 Å². The molecular formula is C15H18NTe+. The van der Waals surface area contributed by atoms with E-state index in [1.165, 1.54) is 11.1 Å². The second-order valence-electron chi connectivity index (χ2n) is 3.99. The van der Waals surface area contributed by atoms with Crippen molar-refractivity contribution < 1.29 is 5.32 Å². The summed E-state index contributed by atoms with van der Waals surface area (Å²) in [6.07, 6.45) is 0. The molecule has 2 rings (SSSR count). The summed E-state index contributed by atoms with van der Waals surface area (Å²) in [6.45, 7) is 1.08. The minimum absolute atomic E-state index is 0.0354. The van der Waals surface area contributed by atoms with Crippen LogP contribution in [0.4, 0.5) is 0 Å². The SMILES string of the molecule is C[Te]C([NH2+]Cc1ccccc1)c1ccccc1. The third-order valence-electron chi connectivity index (χ3n) is 2.79. The average molecular weight is 340 g/mol. The average Bonchev–Trinajstić information content (AvgIpc) is 2.42. The Kier molecular flexibility index (Phi) is 5.07. The second-order valence-corrected chi connectivity index (χ2v) is 6.79. The molecule has 0 heterocycles. The van der Waals surface area contributed by atoms with Crippen molar-refractivity contribution in [1.29, 1.82) is 0 Å². The maximum absolute atomic E-state index is 2.48. The van der Waals surface area contributed by atoms with E-state index in [4.69, 9.17) is 0 Å². The molecule has 2 heteroatoms. The van der Waals surface area contributed by atoms with Gasteiger partial charge < -0.3 is 0 Å². The van der Waals surface area contributed by atoms with E-state index in [9.17, 15) is 0 Å². The molecule has 0 saturated heterocycles. The zero-order valence-electron chi connectivity index (χ0n) is 10.0. The summed E-state index contributed by atoms with van der Waals surface area (Å²) >= 11 is 0.0354. The van der Waals surface area contributed by atoms with Gasteiger partial charge in [0.15, 0.2) is 0 Å². The molecule has 0 amide bonds. The molecule has 2 N–H and O–H groups in total. The summed E-state index contributed by atoms with van der Waals surface area (Å²) in [5.41, 5.74) is 2.89. The molecule has 1 unspecified atom stereocenters. The van der Waals surface area contributed by atoms with Crippen molar-refractivity contribution in [2.45, 2.75) is 15.6 Å². The number of rotatable bonds is 5. The van der Waals surface area contributed by atoms with Gasteiger partial charge in [-0.25, -0.2) is 0 Å². The number of hydrogen-bond acceptors (Lipinski definition) is 0. The van der Waals surface area contributed by atoms with E-state index in [0.717, 1.165) is 6.54 Å². The van der Waals surface area contributed by atoms with Gasteiger partial charge in [-0.3, -0.25) is 0 Å². The molecule has 2 aromatic carbocycles. The molecule has 88 valence electrons. The fourth-order valence-electron chi connectivity index (χ4n) is 1.87. The van der Waals surface area contributed by atoms with Crippen LogP contribution >= 0.6 is 0 Å². The Morgan fingerprint density at radius 2 is 1.53 bits per heavy atom. The summed E-state index contributed by atoms with van der Waals surface area (Å²) in [6, 6.07) is 21.6. The summed E-state index contributed by atoms with van der Waals surface area (Å²) in [4.78, 5) is 2.38. The number of nitrogens with two attached hydrogens (primary N) is 1. The Morgan fingerprint density at radius 3 is 2.12 bits per heavy atom. The summed E-state index contributed by atoms with van der Waals surface area (Å²) in [7, 11) is 0. The van der Waals surface area contributed by atoms with Gasteiger partial charge in [0.1, 0.15) is 0 Å². The molecule has 0 aromatic heterocycles. The Hall–Kier alpha value is -0.810. The molecule has 0 spiro atoms. The van der Waals surface area contributed by atoms with Crippen LogP contribution < -0.4 is 5.32 Å². The van der Waals surface area contributed by atoms with E-state index in [-0.39, 0.29) is 20.9 Å². The Balaban J connectivity index is 1.97. The first-order valence-corrected chi connectivity index (χ1v) is 9.52. The van der Waals surface area contributed by atoms with Crippen molar-refractivity contribution in [2.24, 2.45) is 0 Å². The van der Waals surface area contributed by atoms with E-state index in [2.05, 4.69) is 71.0 Å². The molecular weight excluding hydrogens is 322 g/mol. The van der Waals surface area contributed by atoms with Crippen molar-refractivity contribution in [3.63, 3.8) is 0 Å². The van der Waals surface area contributed by atoms with Gasteiger partial charge in [-0.1, -0.05) is 0 Å². The second kappa shape index (κ2) is 6.81. The normalized spacial score (nSPS) is 12.3. The Labute approximate surface area is 113 Å². The van der Waals surface area contributed by atoms with Crippen molar-refractivity contribution in [3.05, 3.63) is 71.8 Å². The van der Waals surface area contributed by atoms with Crippen LogP contribution in [0.2, 0.25) is 4.97 Å². The predicted octanol–water partition coefficient (Wildman–Crippen LogP) is 2.20. The number of benzene rings is 2. The van der Waals surface area contributed by atoms with Gasteiger partial charge >= 0.3 is 114 Å². The standard InChI is InChI=1S/C15H17NTe/c1-17-15(14-10-6-3-7-11-14)16-12-13-8-4-2-5-9-13/h2-11,15-16H,12H2,1H3/p+1. The van der Waals surface area contributed by atoms with Crippen LogP contribution in [-0.4, -0.2) is 20.9 Å². The molecule has 0 aliphatic rings. The molecule has 17 heavy (non-hydrogen) atoms.